The van der Waals surface area contributed by atoms with Crippen LogP contribution in [0.2, 0.25) is 0 Å². The molecule has 0 saturated carbocycles. The Kier molecular flexibility index (Phi) is 3.40. The van der Waals surface area contributed by atoms with Crippen LogP contribution in [-0.4, -0.2) is 33.3 Å². The summed E-state index contributed by atoms with van der Waals surface area (Å²) in [7, 11) is 0. The minimum atomic E-state index is -0.802. The van der Waals surface area contributed by atoms with Crippen molar-refractivity contribution in [1.82, 2.24) is 14.9 Å². The molecule has 2 aromatic heterocycles. The third-order valence-corrected chi connectivity index (χ3v) is 5.27. The summed E-state index contributed by atoms with van der Waals surface area (Å²) in [5, 5.41) is 14.5. The molecule has 3 heterocycles. The number of aromatic nitrogens is 2. The van der Waals surface area contributed by atoms with Gasteiger partial charge in [-0.05, 0) is 45.3 Å². The highest BCUT2D eigenvalue weighted by atomic mass is 32.1. The number of hydrogen-bond acceptors (Lipinski definition) is 5. The molecule has 0 atom stereocenters. The minimum Gasteiger partial charge on any atom is -0.388 e. The quantitative estimate of drug-likeness (QED) is 0.873. The standard InChI is InChI=1S/C14H19N3O2S/c1-9-10(2)20-12-11(9)13(18)17(8-16-12)7-14(19)3-5-15-6-4-14/h8,15,19H,3-7H2,1-2H3. The second-order valence-corrected chi connectivity index (χ2v) is 6.82. The van der Waals surface area contributed by atoms with Crippen LogP contribution in [-0.2, 0) is 6.54 Å². The van der Waals surface area contributed by atoms with Crippen molar-refractivity contribution in [3.8, 4) is 0 Å². The number of hydrogen-bond donors (Lipinski definition) is 2. The highest BCUT2D eigenvalue weighted by Gasteiger charge is 2.30. The van der Waals surface area contributed by atoms with Crippen LogP contribution in [0.4, 0.5) is 0 Å². The number of piperidine rings is 1. The Morgan fingerprint density at radius 1 is 1.45 bits per heavy atom. The molecule has 1 fully saturated rings. The number of aryl methyl sites for hydroxylation is 2. The van der Waals surface area contributed by atoms with Crippen LogP contribution in [0.25, 0.3) is 10.2 Å². The fourth-order valence-corrected chi connectivity index (χ4v) is 3.74. The van der Waals surface area contributed by atoms with Crippen LogP contribution in [0.15, 0.2) is 11.1 Å². The summed E-state index contributed by atoms with van der Waals surface area (Å²) in [5.74, 6) is 0. The van der Waals surface area contributed by atoms with Crippen molar-refractivity contribution in [3.05, 3.63) is 27.1 Å². The maximum atomic E-state index is 12.6. The van der Waals surface area contributed by atoms with E-state index in [1.54, 1.807) is 22.2 Å². The molecule has 0 bridgehead atoms. The van der Waals surface area contributed by atoms with Crippen LogP contribution < -0.4 is 10.9 Å². The van der Waals surface area contributed by atoms with Crippen molar-refractivity contribution in [2.45, 2.75) is 38.8 Å². The molecular formula is C14H19N3O2S. The number of nitrogens with one attached hydrogen (secondary N) is 1. The molecule has 0 unspecified atom stereocenters. The molecule has 6 heteroatoms. The molecule has 0 aliphatic carbocycles. The smallest absolute Gasteiger partial charge is 0.262 e. The van der Waals surface area contributed by atoms with Crippen molar-refractivity contribution < 1.29 is 5.11 Å². The van der Waals surface area contributed by atoms with Crippen molar-refractivity contribution in [3.63, 3.8) is 0 Å². The Bertz CT molecular complexity index is 698. The first-order chi connectivity index (χ1) is 9.50. The highest BCUT2D eigenvalue weighted by molar-refractivity contribution is 7.18. The lowest BCUT2D eigenvalue weighted by molar-refractivity contribution is -0.00627. The molecule has 5 nitrogen and oxygen atoms in total. The van der Waals surface area contributed by atoms with Gasteiger partial charge in [-0.1, -0.05) is 0 Å². The number of rotatable bonds is 2. The van der Waals surface area contributed by atoms with E-state index in [9.17, 15) is 9.90 Å². The monoisotopic (exact) mass is 293 g/mol. The SMILES string of the molecule is Cc1sc2ncn(CC3(O)CCNCC3)c(=O)c2c1C. The van der Waals surface area contributed by atoms with Crippen molar-refractivity contribution in [2.75, 3.05) is 13.1 Å². The zero-order chi connectivity index (χ0) is 14.3. The first-order valence-corrected chi connectivity index (χ1v) is 7.70. The fourth-order valence-electron chi connectivity index (χ4n) is 2.75. The van der Waals surface area contributed by atoms with Gasteiger partial charge in [0.25, 0.3) is 5.56 Å². The van der Waals surface area contributed by atoms with Gasteiger partial charge in [0.2, 0.25) is 0 Å². The average molecular weight is 293 g/mol. The van der Waals surface area contributed by atoms with E-state index in [0.717, 1.165) is 28.4 Å². The molecular weight excluding hydrogens is 274 g/mol. The molecule has 0 amide bonds. The van der Waals surface area contributed by atoms with Gasteiger partial charge < -0.3 is 10.4 Å². The Balaban J connectivity index is 2.02. The van der Waals surface area contributed by atoms with Crippen molar-refractivity contribution in [1.29, 1.82) is 0 Å². The number of thiophene rings is 1. The maximum absolute atomic E-state index is 12.6. The largest absolute Gasteiger partial charge is 0.388 e. The summed E-state index contributed by atoms with van der Waals surface area (Å²) >= 11 is 1.55. The van der Waals surface area contributed by atoms with Gasteiger partial charge in [-0.15, -0.1) is 11.3 Å². The van der Waals surface area contributed by atoms with Gasteiger partial charge in [-0.2, -0.15) is 0 Å². The summed E-state index contributed by atoms with van der Waals surface area (Å²) in [6.45, 7) is 5.87. The third-order valence-electron chi connectivity index (χ3n) is 4.15. The maximum Gasteiger partial charge on any atom is 0.262 e. The average Bonchev–Trinajstić information content (AvgIpc) is 2.70. The molecule has 1 saturated heterocycles. The zero-order valence-corrected chi connectivity index (χ0v) is 12.6. The molecule has 2 N–H and O–H groups in total. The van der Waals surface area contributed by atoms with Crippen LogP contribution in [0, 0.1) is 13.8 Å². The molecule has 1 aliphatic heterocycles. The lowest BCUT2D eigenvalue weighted by Gasteiger charge is -2.32. The Morgan fingerprint density at radius 2 is 2.15 bits per heavy atom. The van der Waals surface area contributed by atoms with Gasteiger partial charge >= 0.3 is 0 Å². The molecule has 0 aromatic carbocycles. The predicted octanol–water partition coefficient (Wildman–Crippen LogP) is 1.19. The summed E-state index contributed by atoms with van der Waals surface area (Å²) in [4.78, 5) is 18.9. The van der Waals surface area contributed by atoms with Gasteiger partial charge in [-0.3, -0.25) is 9.36 Å². The van der Waals surface area contributed by atoms with Crippen molar-refractivity contribution >= 4 is 21.6 Å². The Hall–Kier alpha value is -1.24. The second kappa shape index (κ2) is 4.95. The van der Waals surface area contributed by atoms with Crippen LogP contribution >= 0.6 is 11.3 Å². The zero-order valence-electron chi connectivity index (χ0n) is 11.8. The lowest BCUT2D eigenvalue weighted by atomic mass is 9.92. The second-order valence-electron chi connectivity index (χ2n) is 5.62. The number of aliphatic hydroxyl groups is 1. The molecule has 3 rings (SSSR count). The first-order valence-electron chi connectivity index (χ1n) is 6.88. The molecule has 0 spiro atoms. The summed E-state index contributed by atoms with van der Waals surface area (Å²) in [6.07, 6.45) is 2.90. The van der Waals surface area contributed by atoms with E-state index in [0.29, 0.717) is 24.8 Å². The fraction of sp³-hybridized carbons (Fsp3) is 0.571. The van der Waals surface area contributed by atoms with Crippen LogP contribution in [0.1, 0.15) is 23.3 Å². The summed E-state index contributed by atoms with van der Waals surface area (Å²) in [5.41, 5.74) is 0.168. The Labute approximate surface area is 121 Å². The molecule has 0 radical (unpaired) electrons. The molecule has 1 aliphatic rings. The predicted molar refractivity (Wildman–Crippen MR) is 80.4 cm³/mol. The third kappa shape index (κ3) is 2.28. The van der Waals surface area contributed by atoms with E-state index in [1.807, 2.05) is 13.8 Å². The molecule has 20 heavy (non-hydrogen) atoms. The first kappa shape index (κ1) is 13.7. The molecule has 2 aromatic rings. The molecule has 108 valence electrons. The highest BCUT2D eigenvalue weighted by Crippen LogP contribution is 2.26. The van der Waals surface area contributed by atoms with E-state index in [1.165, 1.54) is 0 Å². The van der Waals surface area contributed by atoms with Crippen molar-refractivity contribution in [2.24, 2.45) is 0 Å². The van der Waals surface area contributed by atoms with Gasteiger partial charge in [0.1, 0.15) is 4.83 Å². The van der Waals surface area contributed by atoms with Gasteiger partial charge in [0.05, 0.1) is 23.9 Å². The topological polar surface area (TPSA) is 67.2 Å². The number of nitrogens with zero attached hydrogens (tertiary/aromatic N) is 2. The summed E-state index contributed by atoms with van der Waals surface area (Å²) in [6, 6.07) is 0. The minimum absolute atomic E-state index is 0.0381. The Morgan fingerprint density at radius 3 is 2.85 bits per heavy atom. The number of fused-ring (bicyclic) bond motifs is 1. The normalized spacial score (nSPS) is 18.6. The van der Waals surface area contributed by atoms with E-state index < -0.39 is 5.60 Å². The van der Waals surface area contributed by atoms with E-state index in [-0.39, 0.29) is 5.56 Å². The van der Waals surface area contributed by atoms with E-state index in [4.69, 9.17) is 0 Å². The van der Waals surface area contributed by atoms with Crippen LogP contribution in [0.5, 0.6) is 0 Å². The lowest BCUT2D eigenvalue weighted by Crippen LogP contribution is -2.46. The van der Waals surface area contributed by atoms with E-state index >= 15 is 0 Å². The van der Waals surface area contributed by atoms with E-state index in [2.05, 4.69) is 10.3 Å². The van der Waals surface area contributed by atoms with Gasteiger partial charge in [0, 0.05) is 4.88 Å². The summed E-state index contributed by atoms with van der Waals surface area (Å²) < 4.78 is 1.56. The van der Waals surface area contributed by atoms with Gasteiger partial charge in [-0.25, -0.2) is 4.98 Å². The van der Waals surface area contributed by atoms with Crippen LogP contribution in [0.3, 0.4) is 0 Å². The van der Waals surface area contributed by atoms with Gasteiger partial charge in [0.15, 0.2) is 0 Å².